The molecule has 0 bridgehead atoms. The number of ether oxygens (including phenoxy) is 2. The smallest absolute Gasteiger partial charge is 0.145 e. The number of hydrogen-bond donors (Lipinski definition) is 0. The van der Waals surface area contributed by atoms with Gasteiger partial charge in [0.1, 0.15) is 23.3 Å². The van der Waals surface area contributed by atoms with Crippen LogP contribution in [0.5, 0.6) is 17.2 Å². The van der Waals surface area contributed by atoms with Crippen LogP contribution in [0, 0.1) is 11.3 Å². The third-order valence-electron chi connectivity index (χ3n) is 2.35. The Kier molecular flexibility index (Phi) is 3.85. The van der Waals surface area contributed by atoms with Gasteiger partial charge in [-0.05, 0) is 42.5 Å². The summed E-state index contributed by atoms with van der Waals surface area (Å²) in [5, 5.41) is 9.03. The van der Waals surface area contributed by atoms with Gasteiger partial charge >= 0.3 is 0 Å². The van der Waals surface area contributed by atoms with E-state index in [9.17, 15) is 0 Å². The average Bonchev–Trinajstić information content (AvgIpc) is 2.41. The molecule has 0 atom stereocenters. The monoisotopic (exact) mass is 303 g/mol. The van der Waals surface area contributed by atoms with Gasteiger partial charge in [-0.3, -0.25) is 0 Å². The third-order valence-corrected chi connectivity index (χ3v) is 2.84. The van der Waals surface area contributed by atoms with Gasteiger partial charge in [-0.2, -0.15) is 5.26 Å². The van der Waals surface area contributed by atoms with E-state index >= 15 is 0 Å². The number of benzene rings is 2. The molecule has 0 amide bonds. The van der Waals surface area contributed by atoms with Crippen LogP contribution in [0.1, 0.15) is 5.56 Å². The van der Waals surface area contributed by atoms with Crippen LogP contribution in [0.4, 0.5) is 0 Å². The van der Waals surface area contributed by atoms with Crippen molar-refractivity contribution in [3.8, 4) is 23.3 Å². The zero-order chi connectivity index (χ0) is 13.0. The molecule has 18 heavy (non-hydrogen) atoms. The van der Waals surface area contributed by atoms with E-state index in [1.165, 1.54) is 0 Å². The fraction of sp³-hybridized carbons (Fsp3) is 0.0714. The lowest BCUT2D eigenvalue weighted by Crippen LogP contribution is -1.89. The highest BCUT2D eigenvalue weighted by Crippen LogP contribution is 2.28. The number of methoxy groups -OCH3 is 1. The first kappa shape index (κ1) is 12.5. The number of rotatable bonds is 3. The summed E-state index contributed by atoms with van der Waals surface area (Å²) < 4.78 is 11.6. The molecule has 4 heteroatoms. The molecule has 0 aromatic heterocycles. The van der Waals surface area contributed by atoms with Crippen molar-refractivity contribution in [1.82, 2.24) is 0 Å². The summed E-state index contributed by atoms with van der Waals surface area (Å²) in [4.78, 5) is 0. The molecule has 2 rings (SSSR count). The van der Waals surface area contributed by atoms with Crippen LogP contribution in [-0.2, 0) is 0 Å². The minimum absolute atomic E-state index is 0.486. The maximum absolute atomic E-state index is 9.03. The molecular weight excluding hydrogens is 294 g/mol. The van der Waals surface area contributed by atoms with Crippen LogP contribution in [-0.4, -0.2) is 7.11 Å². The molecule has 2 aromatic rings. The van der Waals surface area contributed by atoms with E-state index in [-0.39, 0.29) is 0 Å². The maximum atomic E-state index is 9.03. The molecule has 0 aliphatic rings. The maximum Gasteiger partial charge on any atom is 0.145 e. The minimum atomic E-state index is 0.486. The second-order valence-corrected chi connectivity index (χ2v) is 4.45. The molecule has 0 saturated carbocycles. The van der Waals surface area contributed by atoms with Gasteiger partial charge in [0.05, 0.1) is 12.7 Å². The van der Waals surface area contributed by atoms with Crippen LogP contribution < -0.4 is 9.47 Å². The van der Waals surface area contributed by atoms with Crippen molar-refractivity contribution in [3.05, 3.63) is 52.5 Å². The van der Waals surface area contributed by atoms with E-state index < -0.39 is 0 Å². The second-order valence-electron chi connectivity index (χ2n) is 3.53. The van der Waals surface area contributed by atoms with Gasteiger partial charge in [-0.25, -0.2) is 0 Å². The van der Waals surface area contributed by atoms with E-state index in [0.29, 0.717) is 17.1 Å². The number of hydrogen-bond acceptors (Lipinski definition) is 3. The molecule has 3 nitrogen and oxygen atoms in total. The van der Waals surface area contributed by atoms with Gasteiger partial charge in [0.15, 0.2) is 0 Å². The summed E-state index contributed by atoms with van der Waals surface area (Å²) in [6.45, 7) is 0. The summed E-state index contributed by atoms with van der Waals surface area (Å²) in [5.74, 6) is 1.96. The molecule has 0 unspecified atom stereocenters. The van der Waals surface area contributed by atoms with Gasteiger partial charge in [0.2, 0.25) is 0 Å². The summed E-state index contributed by atoms with van der Waals surface area (Å²) in [7, 11) is 1.61. The minimum Gasteiger partial charge on any atom is -0.497 e. The van der Waals surface area contributed by atoms with Gasteiger partial charge in [0, 0.05) is 4.47 Å². The van der Waals surface area contributed by atoms with E-state index in [0.717, 1.165) is 10.2 Å². The summed E-state index contributed by atoms with van der Waals surface area (Å²) in [5.41, 5.74) is 0.486. The predicted octanol–water partition coefficient (Wildman–Crippen LogP) is 4.12. The SMILES string of the molecule is COc1ccc(Oc2ccc(Br)cc2C#N)cc1. The Bertz CT molecular complexity index is 588. The highest BCUT2D eigenvalue weighted by molar-refractivity contribution is 9.10. The normalized spacial score (nSPS) is 9.61. The lowest BCUT2D eigenvalue weighted by Gasteiger charge is -2.08. The van der Waals surface area contributed by atoms with Gasteiger partial charge in [0.25, 0.3) is 0 Å². The third kappa shape index (κ3) is 2.82. The van der Waals surface area contributed by atoms with Crippen LogP contribution in [0.15, 0.2) is 46.9 Å². The molecule has 2 aromatic carbocycles. The van der Waals surface area contributed by atoms with Crippen molar-refractivity contribution >= 4 is 15.9 Å². The molecule has 0 spiro atoms. The summed E-state index contributed by atoms with van der Waals surface area (Å²) in [6.07, 6.45) is 0. The highest BCUT2D eigenvalue weighted by Gasteiger charge is 2.05. The first-order valence-electron chi connectivity index (χ1n) is 5.24. The molecular formula is C14H10BrNO2. The average molecular weight is 304 g/mol. The van der Waals surface area contributed by atoms with Crippen LogP contribution in [0.2, 0.25) is 0 Å². The molecule has 0 fully saturated rings. The topological polar surface area (TPSA) is 42.2 Å². The Morgan fingerprint density at radius 3 is 2.33 bits per heavy atom. The first-order valence-corrected chi connectivity index (χ1v) is 6.04. The highest BCUT2D eigenvalue weighted by atomic mass is 79.9. The van der Waals surface area contributed by atoms with Crippen molar-refractivity contribution < 1.29 is 9.47 Å². The predicted molar refractivity (Wildman–Crippen MR) is 71.9 cm³/mol. The second kappa shape index (κ2) is 5.56. The molecule has 0 aliphatic heterocycles. The van der Waals surface area contributed by atoms with Crippen LogP contribution in [0.25, 0.3) is 0 Å². The Morgan fingerprint density at radius 2 is 1.72 bits per heavy atom. The Morgan fingerprint density at radius 1 is 1.06 bits per heavy atom. The number of halogens is 1. The van der Waals surface area contributed by atoms with E-state index in [2.05, 4.69) is 22.0 Å². The fourth-order valence-corrected chi connectivity index (χ4v) is 1.81. The fourth-order valence-electron chi connectivity index (χ4n) is 1.45. The zero-order valence-corrected chi connectivity index (χ0v) is 11.3. The Balaban J connectivity index is 2.25. The van der Waals surface area contributed by atoms with Crippen molar-refractivity contribution in [2.24, 2.45) is 0 Å². The molecule has 0 heterocycles. The van der Waals surface area contributed by atoms with E-state index in [4.69, 9.17) is 14.7 Å². The van der Waals surface area contributed by atoms with Crippen LogP contribution >= 0.6 is 15.9 Å². The van der Waals surface area contributed by atoms with Gasteiger partial charge in [-0.15, -0.1) is 0 Å². The largest absolute Gasteiger partial charge is 0.497 e. The van der Waals surface area contributed by atoms with Crippen molar-refractivity contribution in [3.63, 3.8) is 0 Å². The number of nitrogens with zero attached hydrogens (tertiary/aromatic N) is 1. The summed E-state index contributed by atoms with van der Waals surface area (Å²) >= 11 is 3.32. The first-order chi connectivity index (χ1) is 8.72. The molecule has 0 aliphatic carbocycles. The quantitative estimate of drug-likeness (QED) is 0.856. The van der Waals surface area contributed by atoms with Gasteiger partial charge in [-0.1, -0.05) is 15.9 Å². The Labute approximate surface area is 114 Å². The molecule has 0 N–H and O–H groups in total. The van der Waals surface area contributed by atoms with Crippen molar-refractivity contribution in [1.29, 1.82) is 5.26 Å². The molecule has 0 saturated heterocycles. The lowest BCUT2D eigenvalue weighted by molar-refractivity contribution is 0.413. The Hall–Kier alpha value is -1.99. The van der Waals surface area contributed by atoms with Crippen molar-refractivity contribution in [2.45, 2.75) is 0 Å². The molecule has 0 radical (unpaired) electrons. The zero-order valence-electron chi connectivity index (χ0n) is 9.68. The van der Waals surface area contributed by atoms with E-state index in [1.54, 1.807) is 43.5 Å². The standard InChI is InChI=1S/C14H10BrNO2/c1-17-12-3-5-13(6-4-12)18-14-7-2-11(15)8-10(14)9-16/h2-8H,1H3. The molecule has 90 valence electrons. The van der Waals surface area contributed by atoms with Gasteiger partial charge < -0.3 is 9.47 Å². The van der Waals surface area contributed by atoms with E-state index in [1.807, 2.05) is 6.07 Å². The summed E-state index contributed by atoms with van der Waals surface area (Å²) in [6, 6.07) is 14.6. The van der Waals surface area contributed by atoms with Crippen LogP contribution in [0.3, 0.4) is 0 Å². The lowest BCUT2D eigenvalue weighted by atomic mass is 10.2. The number of nitriles is 1. The van der Waals surface area contributed by atoms with Crippen molar-refractivity contribution in [2.75, 3.05) is 7.11 Å².